The lowest BCUT2D eigenvalue weighted by Crippen LogP contribution is -2.57. The van der Waals surface area contributed by atoms with Gasteiger partial charge < -0.3 is 20.0 Å². The molecule has 39 heavy (non-hydrogen) atoms. The number of rotatable bonds is 7. The summed E-state index contributed by atoms with van der Waals surface area (Å²) in [6, 6.07) is 27.3. The second kappa shape index (κ2) is 11.3. The average molecular weight is 525 g/mol. The van der Waals surface area contributed by atoms with Crippen LogP contribution in [0.5, 0.6) is 0 Å². The normalized spacial score (nSPS) is 17.4. The summed E-state index contributed by atoms with van der Waals surface area (Å²) in [6.45, 7) is 5.33. The molecule has 0 radical (unpaired) electrons. The van der Waals surface area contributed by atoms with Crippen LogP contribution in [0.4, 0.5) is 5.69 Å². The number of hydrogen-bond donors (Lipinski definition) is 1. The number of anilines is 1. The molecular weight excluding hydrogens is 488 g/mol. The summed E-state index contributed by atoms with van der Waals surface area (Å²) in [7, 11) is 0. The Morgan fingerprint density at radius 1 is 0.897 bits per heavy atom. The first-order valence-electron chi connectivity index (χ1n) is 13.8. The Morgan fingerprint density at radius 2 is 1.51 bits per heavy atom. The number of amides is 3. The quantitative estimate of drug-likeness (QED) is 0.497. The zero-order valence-electron chi connectivity index (χ0n) is 22.7. The molecule has 0 aromatic heterocycles. The van der Waals surface area contributed by atoms with Crippen molar-refractivity contribution in [2.24, 2.45) is 0 Å². The SMILES string of the molecule is CCc1ccc(C(=O)N2CCC3(CC2)C(=O)N(CC(=O)N[C@@H](C)c2ccccc2)CN3c2ccccc2)cc1. The minimum atomic E-state index is -0.782. The van der Waals surface area contributed by atoms with Gasteiger partial charge in [0.1, 0.15) is 12.1 Å². The van der Waals surface area contributed by atoms with Crippen molar-refractivity contribution in [1.82, 2.24) is 15.1 Å². The number of likely N-dealkylation sites (tertiary alicyclic amines) is 1. The predicted octanol–water partition coefficient (Wildman–Crippen LogP) is 4.41. The Labute approximate surface area is 230 Å². The predicted molar refractivity (Wildman–Crippen MR) is 152 cm³/mol. The van der Waals surface area contributed by atoms with Gasteiger partial charge in [-0.15, -0.1) is 0 Å². The molecule has 2 heterocycles. The highest BCUT2D eigenvalue weighted by Gasteiger charge is 2.54. The highest BCUT2D eigenvalue weighted by molar-refractivity contribution is 5.97. The summed E-state index contributed by atoms with van der Waals surface area (Å²) in [4.78, 5) is 45.8. The Hall–Kier alpha value is -4.13. The van der Waals surface area contributed by atoms with Crippen LogP contribution in [0.25, 0.3) is 0 Å². The van der Waals surface area contributed by atoms with E-state index >= 15 is 0 Å². The van der Waals surface area contributed by atoms with Crippen LogP contribution in [0, 0.1) is 0 Å². The Balaban J connectivity index is 1.31. The van der Waals surface area contributed by atoms with Crippen LogP contribution in [-0.4, -0.2) is 59.4 Å². The van der Waals surface area contributed by atoms with E-state index in [1.807, 2.05) is 96.8 Å². The molecule has 0 unspecified atom stereocenters. The molecule has 0 saturated carbocycles. The Morgan fingerprint density at radius 3 is 2.13 bits per heavy atom. The summed E-state index contributed by atoms with van der Waals surface area (Å²) in [5, 5.41) is 3.03. The molecular formula is C32H36N4O3. The molecule has 2 saturated heterocycles. The minimum Gasteiger partial charge on any atom is -0.348 e. The Bertz CT molecular complexity index is 1300. The van der Waals surface area contributed by atoms with E-state index < -0.39 is 5.54 Å². The molecule has 1 spiro atoms. The van der Waals surface area contributed by atoms with Crippen molar-refractivity contribution in [3.05, 3.63) is 102 Å². The highest BCUT2D eigenvalue weighted by Crippen LogP contribution is 2.39. The lowest BCUT2D eigenvalue weighted by Gasteiger charge is -2.43. The van der Waals surface area contributed by atoms with Gasteiger partial charge in [0.15, 0.2) is 0 Å². The van der Waals surface area contributed by atoms with Gasteiger partial charge in [-0.05, 0) is 61.6 Å². The standard InChI is InChI=1S/C32H36N4O3/c1-3-25-14-16-27(17-15-25)30(38)34-20-18-32(19-21-34)31(39)35(23-36(32)28-12-8-5-9-13-28)22-29(37)33-24(2)26-10-6-4-7-11-26/h4-17,24H,3,18-23H2,1-2H3,(H,33,37)/t24-/m0/s1. The molecule has 3 aromatic carbocycles. The van der Waals surface area contributed by atoms with Gasteiger partial charge in [0.05, 0.1) is 12.7 Å². The van der Waals surface area contributed by atoms with Crippen molar-refractivity contribution in [3.63, 3.8) is 0 Å². The molecule has 1 atom stereocenters. The smallest absolute Gasteiger partial charge is 0.253 e. The summed E-state index contributed by atoms with van der Waals surface area (Å²) in [6.07, 6.45) is 1.95. The number of hydrogen-bond acceptors (Lipinski definition) is 4. The number of nitrogens with zero attached hydrogens (tertiary/aromatic N) is 3. The molecule has 2 fully saturated rings. The molecule has 202 valence electrons. The van der Waals surface area contributed by atoms with Gasteiger partial charge in [-0.2, -0.15) is 0 Å². The van der Waals surface area contributed by atoms with Crippen molar-refractivity contribution in [2.45, 2.75) is 44.7 Å². The second-order valence-corrected chi connectivity index (χ2v) is 10.5. The minimum absolute atomic E-state index is 0.00431. The fourth-order valence-electron chi connectivity index (χ4n) is 5.75. The number of nitrogens with one attached hydrogen (secondary N) is 1. The monoisotopic (exact) mass is 524 g/mol. The van der Waals surface area contributed by atoms with Gasteiger partial charge in [0, 0.05) is 24.3 Å². The third-order valence-electron chi connectivity index (χ3n) is 8.08. The molecule has 0 bridgehead atoms. The van der Waals surface area contributed by atoms with Crippen molar-refractivity contribution in [2.75, 3.05) is 31.2 Å². The van der Waals surface area contributed by atoms with E-state index in [4.69, 9.17) is 0 Å². The van der Waals surface area contributed by atoms with Gasteiger partial charge in [-0.1, -0.05) is 67.6 Å². The summed E-state index contributed by atoms with van der Waals surface area (Å²) >= 11 is 0. The fraction of sp³-hybridized carbons (Fsp3) is 0.344. The van der Waals surface area contributed by atoms with Gasteiger partial charge in [0.25, 0.3) is 11.8 Å². The third-order valence-corrected chi connectivity index (χ3v) is 8.08. The molecule has 3 amide bonds. The van der Waals surface area contributed by atoms with Crippen molar-refractivity contribution >= 4 is 23.4 Å². The maximum absolute atomic E-state index is 14.0. The largest absolute Gasteiger partial charge is 0.348 e. The van der Waals surface area contributed by atoms with Crippen molar-refractivity contribution < 1.29 is 14.4 Å². The summed E-state index contributed by atoms with van der Waals surface area (Å²) < 4.78 is 0. The van der Waals surface area contributed by atoms with Crippen LogP contribution in [-0.2, 0) is 16.0 Å². The van der Waals surface area contributed by atoms with Crippen molar-refractivity contribution in [1.29, 1.82) is 0 Å². The van der Waals surface area contributed by atoms with Gasteiger partial charge in [0.2, 0.25) is 5.91 Å². The van der Waals surface area contributed by atoms with Crippen LogP contribution < -0.4 is 10.2 Å². The highest BCUT2D eigenvalue weighted by atomic mass is 16.2. The number of para-hydroxylation sites is 1. The number of carbonyl (C=O) groups excluding carboxylic acids is 3. The molecule has 2 aliphatic heterocycles. The number of benzene rings is 3. The number of aryl methyl sites for hydroxylation is 1. The van der Waals surface area contributed by atoms with Crippen molar-refractivity contribution in [3.8, 4) is 0 Å². The molecule has 3 aromatic rings. The average Bonchev–Trinajstić information content (AvgIpc) is 3.24. The first-order valence-corrected chi connectivity index (χ1v) is 13.8. The lowest BCUT2D eigenvalue weighted by molar-refractivity contribution is -0.137. The molecule has 5 rings (SSSR count). The van der Waals surface area contributed by atoms with E-state index in [-0.39, 0.29) is 30.3 Å². The Kier molecular flexibility index (Phi) is 7.68. The molecule has 0 aliphatic carbocycles. The van der Waals surface area contributed by atoms with E-state index in [9.17, 15) is 14.4 Å². The first-order chi connectivity index (χ1) is 18.9. The van der Waals surface area contributed by atoms with E-state index in [0.29, 0.717) is 38.2 Å². The zero-order chi connectivity index (χ0) is 27.4. The van der Waals surface area contributed by atoms with Crippen LogP contribution in [0.15, 0.2) is 84.9 Å². The van der Waals surface area contributed by atoms with E-state index in [0.717, 1.165) is 17.7 Å². The molecule has 7 nitrogen and oxygen atoms in total. The van der Waals surface area contributed by atoms with Crippen LogP contribution in [0.2, 0.25) is 0 Å². The molecule has 7 heteroatoms. The lowest BCUT2D eigenvalue weighted by atomic mass is 9.85. The van der Waals surface area contributed by atoms with Crippen LogP contribution >= 0.6 is 0 Å². The number of carbonyl (C=O) groups is 3. The fourth-order valence-corrected chi connectivity index (χ4v) is 5.75. The third kappa shape index (κ3) is 5.39. The topological polar surface area (TPSA) is 73.0 Å². The first kappa shape index (κ1) is 26.5. The van der Waals surface area contributed by atoms with Crippen LogP contribution in [0.1, 0.15) is 54.2 Å². The van der Waals surface area contributed by atoms with Gasteiger partial charge in [-0.25, -0.2) is 0 Å². The maximum atomic E-state index is 14.0. The maximum Gasteiger partial charge on any atom is 0.253 e. The zero-order valence-corrected chi connectivity index (χ0v) is 22.7. The van der Waals surface area contributed by atoms with E-state index in [1.54, 1.807) is 4.90 Å². The van der Waals surface area contributed by atoms with Crippen LogP contribution in [0.3, 0.4) is 0 Å². The summed E-state index contributed by atoms with van der Waals surface area (Å²) in [5.74, 6) is -0.239. The van der Waals surface area contributed by atoms with Gasteiger partial charge in [-0.3, -0.25) is 14.4 Å². The van der Waals surface area contributed by atoms with E-state index in [2.05, 4.69) is 17.1 Å². The van der Waals surface area contributed by atoms with E-state index in [1.165, 1.54) is 5.56 Å². The van der Waals surface area contributed by atoms with Gasteiger partial charge >= 0.3 is 0 Å². The number of piperidine rings is 1. The molecule has 1 N–H and O–H groups in total. The summed E-state index contributed by atoms with van der Waals surface area (Å²) in [5.41, 5.74) is 3.05. The molecule has 2 aliphatic rings. The second-order valence-electron chi connectivity index (χ2n) is 10.5.